The third kappa shape index (κ3) is 7.75. The Morgan fingerprint density at radius 1 is 0.258 bits per heavy atom. The Balaban J connectivity index is 1.07. The van der Waals surface area contributed by atoms with E-state index in [9.17, 15) is 5.26 Å². The summed E-state index contributed by atoms with van der Waals surface area (Å²) in [7, 11) is 0. The van der Waals surface area contributed by atoms with Crippen molar-refractivity contribution < 1.29 is 0 Å². The Labute approximate surface area is 359 Å². The fraction of sp³-hybridized carbons (Fsp3) is 0. The molecule has 0 amide bonds. The predicted molar refractivity (Wildman–Crippen MR) is 247 cm³/mol. The number of aromatic nitrogens is 6. The lowest BCUT2D eigenvalue weighted by Crippen LogP contribution is -2.00. The first-order valence-electron chi connectivity index (χ1n) is 20.3. The van der Waals surface area contributed by atoms with Crippen LogP contribution in [0.5, 0.6) is 0 Å². The summed E-state index contributed by atoms with van der Waals surface area (Å²) in [6, 6.07) is 73.1. The second-order valence-electron chi connectivity index (χ2n) is 14.7. The monoisotopic (exact) mass is 793 g/mol. The highest BCUT2D eigenvalue weighted by molar-refractivity contribution is 5.95. The molecule has 0 fully saturated rings. The summed E-state index contributed by atoms with van der Waals surface area (Å²) < 4.78 is 0. The number of rotatable bonds is 9. The van der Waals surface area contributed by atoms with E-state index in [2.05, 4.69) is 78.9 Å². The molecule has 0 bridgehead atoms. The summed E-state index contributed by atoms with van der Waals surface area (Å²) in [5.41, 5.74) is 12.0. The predicted octanol–water partition coefficient (Wildman–Crippen LogP) is 12.9. The maximum atomic E-state index is 9.85. The van der Waals surface area contributed by atoms with Gasteiger partial charge in [0.1, 0.15) is 0 Å². The van der Waals surface area contributed by atoms with Crippen molar-refractivity contribution in [1.82, 2.24) is 29.9 Å². The van der Waals surface area contributed by atoms with Crippen LogP contribution in [0.25, 0.3) is 102 Å². The van der Waals surface area contributed by atoms with Gasteiger partial charge in [-0.1, -0.05) is 200 Å². The van der Waals surface area contributed by atoms with Crippen LogP contribution in [0.2, 0.25) is 0 Å². The van der Waals surface area contributed by atoms with Crippen molar-refractivity contribution in [3.63, 3.8) is 0 Å². The molecule has 10 aromatic rings. The van der Waals surface area contributed by atoms with Crippen LogP contribution in [0.1, 0.15) is 5.56 Å². The smallest absolute Gasteiger partial charge is 0.164 e. The molecule has 290 valence electrons. The van der Waals surface area contributed by atoms with Gasteiger partial charge in [-0.3, -0.25) is 0 Å². The maximum Gasteiger partial charge on any atom is 0.164 e. The van der Waals surface area contributed by atoms with Gasteiger partial charge in [-0.15, -0.1) is 0 Å². The van der Waals surface area contributed by atoms with Crippen LogP contribution in [0.4, 0.5) is 0 Å². The maximum absolute atomic E-state index is 9.85. The molecule has 0 aliphatic carbocycles. The third-order valence-electron chi connectivity index (χ3n) is 10.7. The van der Waals surface area contributed by atoms with Crippen LogP contribution in [-0.4, -0.2) is 29.9 Å². The molecule has 0 atom stereocenters. The molecule has 62 heavy (non-hydrogen) atoms. The van der Waals surface area contributed by atoms with Gasteiger partial charge in [0, 0.05) is 33.4 Å². The summed E-state index contributed by atoms with van der Waals surface area (Å²) >= 11 is 0. The van der Waals surface area contributed by atoms with Crippen LogP contribution >= 0.6 is 0 Å². The minimum absolute atomic E-state index is 0.583. The van der Waals surface area contributed by atoms with Gasteiger partial charge in [0.25, 0.3) is 0 Å². The Kier molecular flexibility index (Phi) is 10.2. The van der Waals surface area contributed by atoms with Crippen molar-refractivity contribution in [3.8, 4) is 108 Å². The molecule has 8 aromatic carbocycles. The lowest BCUT2D eigenvalue weighted by molar-refractivity contribution is 1.07. The summed E-state index contributed by atoms with van der Waals surface area (Å²) in [4.78, 5) is 29.6. The molecule has 0 saturated carbocycles. The molecule has 7 heteroatoms. The zero-order valence-electron chi connectivity index (χ0n) is 33.3. The van der Waals surface area contributed by atoms with Crippen molar-refractivity contribution >= 4 is 0 Å². The van der Waals surface area contributed by atoms with Crippen molar-refractivity contribution in [2.24, 2.45) is 0 Å². The first-order chi connectivity index (χ1) is 30.7. The largest absolute Gasteiger partial charge is 0.208 e. The molecule has 7 nitrogen and oxygen atoms in total. The minimum atomic E-state index is 0.583. The highest BCUT2D eigenvalue weighted by Crippen LogP contribution is 2.41. The Bertz CT molecular complexity index is 3090. The minimum Gasteiger partial charge on any atom is -0.208 e. The lowest BCUT2D eigenvalue weighted by Gasteiger charge is -2.17. The number of nitriles is 1. The molecular weight excluding hydrogens is 759 g/mol. The van der Waals surface area contributed by atoms with E-state index in [-0.39, 0.29) is 0 Å². The fourth-order valence-corrected chi connectivity index (χ4v) is 7.56. The summed E-state index contributed by atoms with van der Waals surface area (Å²) in [6.07, 6.45) is 0. The Morgan fingerprint density at radius 2 is 0.548 bits per heavy atom. The quantitative estimate of drug-likeness (QED) is 0.143. The van der Waals surface area contributed by atoms with E-state index in [0.29, 0.717) is 40.5 Å². The summed E-state index contributed by atoms with van der Waals surface area (Å²) in [5, 5.41) is 9.85. The highest BCUT2D eigenvalue weighted by atomic mass is 15.0. The molecule has 0 aliphatic rings. The number of benzene rings is 8. The molecule has 0 aliphatic heterocycles. The second-order valence-corrected chi connectivity index (χ2v) is 14.7. The topological polar surface area (TPSA) is 101 Å². The average molecular weight is 794 g/mol. The van der Waals surface area contributed by atoms with E-state index in [4.69, 9.17) is 29.9 Å². The molecule has 0 saturated heterocycles. The van der Waals surface area contributed by atoms with Gasteiger partial charge in [0.05, 0.1) is 11.6 Å². The van der Waals surface area contributed by atoms with Crippen LogP contribution in [0.15, 0.2) is 212 Å². The van der Waals surface area contributed by atoms with Crippen molar-refractivity contribution in [2.75, 3.05) is 0 Å². The van der Waals surface area contributed by atoms with Crippen molar-refractivity contribution in [2.45, 2.75) is 0 Å². The van der Waals surface area contributed by atoms with Crippen LogP contribution in [0, 0.1) is 11.3 Å². The third-order valence-corrected chi connectivity index (χ3v) is 10.7. The average Bonchev–Trinajstić information content (AvgIpc) is 3.37. The Morgan fingerprint density at radius 3 is 0.919 bits per heavy atom. The van der Waals surface area contributed by atoms with Crippen molar-refractivity contribution in [1.29, 1.82) is 5.26 Å². The van der Waals surface area contributed by atoms with E-state index in [1.165, 1.54) is 0 Å². The summed E-state index contributed by atoms with van der Waals surface area (Å²) in [6.45, 7) is 0. The van der Waals surface area contributed by atoms with E-state index in [0.717, 1.165) is 66.8 Å². The van der Waals surface area contributed by atoms with Crippen LogP contribution in [-0.2, 0) is 0 Å². The molecule has 10 rings (SSSR count). The van der Waals surface area contributed by atoms with Crippen LogP contribution in [0.3, 0.4) is 0 Å². The molecule has 0 unspecified atom stereocenters. The van der Waals surface area contributed by atoms with Crippen molar-refractivity contribution in [3.05, 3.63) is 218 Å². The molecular formula is C55H35N7. The first-order valence-corrected chi connectivity index (χ1v) is 20.3. The normalized spacial score (nSPS) is 10.9. The standard InChI is InChI=1S/C55H35N7/c56-36-37-15-13-24-46(35-37)48-26-14-25-47(38-27-31-44(32-28-38)54-59-50(40-16-5-1-6-17-40)57-51(60-54)41-18-7-2-8-19-41)49(48)39-29-33-45(34-30-39)55-61-52(42-20-9-3-10-21-42)58-53(62-55)43-22-11-4-12-23-43/h1-35H. The second kappa shape index (κ2) is 16.9. The van der Waals surface area contributed by atoms with E-state index in [1.54, 1.807) is 0 Å². The number of hydrogen-bond acceptors (Lipinski definition) is 7. The molecule has 0 spiro atoms. The number of nitrogens with zero attached hydrogens (tertiary/aromatic N) is 7. The van der Waals surface area contributed by atoms with Gasteiger partial charge in [-0.25, -0.2) is 29.9 Å². The van der Waals surface area contributed by atoms with E-state index >= 15 is 0 Å². The number of hydrogen-bond donors (Lipinski definition) is 0. The zero-order chi connectivity index (χ0) is 41.7. The van der Waals surface area contributed by atoms with Gasteiger partial charge in [-0.2, -0.15) is 5.26 Å². The fourth-order valence-electron chi connectivity index (χ4n) is 7.56. The molecule has 0 radical (unpaired) electrons. The van der Waals surface area contributed by atoms with Gasteiger partial charge < -0.3 is 0 Å². The molecule has 2 aromatic heterocycles. The SMILES string of the molecule is N#Cc1cccc(-c2cccc(-c3ccc(-c4nc(-c5ccccc5)nc(-c5ccccc5)n4)cc3)c2-c2ccc(-c3nc(-c4ccccc4)nc(-c4ccccc4)n3)cc2)c1. The zero-order valence-corrected chi connectivity index (χ0v) is 33.3. The first kappa shape index (κ1) is 37.5. The highest BCUT2D eigenvalue weighted by Gasteiger charge is 2.18. The molecule has 0 N–H and O–H groups in total. The van der Waals surface area contributed by atoms with Gasteiger partial charge >= 0.3 is 0 Å². The Hall–Kier alpha value is -8.73. The lowest BCUT2D eigenvalue weighted by atomic mass is 9.87. The van der Waals surface area contributed by atoms with Gasteiger partial charge in [-0.05, 0) is 45.5 Å². The van der Waals surface area contributed by atoms with Gasteiger partial charge in [0.2, 0.25) is 0 Å². The van der Waals surface area contributed by atoms with E-state index in [1.807, 2.05) is 140 Å². The van der Waals surface area contributed by atoms with E-state index < -0.39 is 0 Å². The molecule has 2 heterocycles. The van der Waals surface area contributed by atoms with Gasteiger partial charge in [0.15, 0.2) is 34.9 Å². The summed E-state index contributed by atoms with van der Waals surface area (Å²) in [5.74, 6) is 3.61. The van der Waals surface area contributed by atoms with Crippen LogP contribution < -0.4 is 0 Å².